The molecule has 4 aliphatic heterocycles. The maximum Gasteiger partial charge on any atom is 0.330 e. The number of anilines is 1. The standard InChI is InChI=1S/C55H63F2N11O5/c1-33-25-37(26-43(57)51(33)36-12-18-64(19-13-36)34(2)46-29-41-44(9-15-59-52(41)61(46)4)66-20-14-39(58-3)28-50(66)70)54(72)65-16-10-35(11-17-65)31-62-21-23-63(24-22-62)32-38-27-47-48(30-42(38)56)68(55(73)67(47)40-5-6-40)45-7-8-49(69)60-53(45)71/h9,12,14-15,20,25-30,34-35,40,45,58H,5-8,10-11,13,16-19,21-24,31-32H2,1-4H3,(H,60,69,71)/t34-,45+/m0/s1. The van der Waals surface area contributed by atoms with Gasteiger partial charge in [0.05, 0.1) is 16.7 Å². The molecule has 1 aliphatic carbocycles. The zero-order valence-electron chi connectivity index (χ0n) is 42.0. The third-order valence-corrected chi connectivity index (χ3v) is 16.3. The third kappa shape index (κ3) is 9.22. The monoisotopic (exact) mass is 995 g/mol. The van der Waals surface area contributed by atoms with Gasteiger partial charge in [-0.25, -0.2) is 18.6 Å². The summed E-state index contributed by atoms with van der Waals surface area (Å²) >= 11 is 0. The van der Waals surface area contributed by atoms with Crippen LogP contribution in [0.5, 0.6) is 0 Å². The van der Waals surface area contributed by atoms with E-state index in [1.807, 2.05) is 37.1 Å². The molecule has 4 aromatic heterocycles. The van der Waals surface area contributed by atoms with E-state index in [9.17, 15) is 24.0 Å². The van der Waals surface area contributed by atoms with Crippen LogP contribution in [0.3, 0.4) is 0 Å². The highest BCUT2D eigenvalue weighted by Crippen LogP contribution is 2.39. The van der Waals surface area contributed by atoms with Gasteiger partial charge in [-0.05, 0) is 106 Å². The number of aromatic nitrogens is 5. The minimum Gasteiger partial charge on any atom is -0.388 e. The summed E-state index contributed by atoms with van der Waals surface area (Å²) in [5.41, 5.74) is 7.08. The highest BCUT2D eigenvalue weighted by molar-refractivity contribution is 6.00. The number of likely N-dealkylation sites (tertiary alicyclic amines) is 1. The van der Waals surface area contributed by atoms with Gasteiger partial charge in [0.15, 0.2) is 0 Å². The summed E-state index contributed by atoms with van der Waals surface area (Å²) < 4.78 is 38.8. The van der Waals surface area contributed by atoms with Crippen LogP contribution in [0.15, 0.2) is 76.6 Å². The van der Waals surface area contributed by atoms with Crippen molar-refractivity contribution < 1.29 is 23.2 Å². The molecule has 0 radical (unpaired) electrons. The number of nitrogens with zero attached hydrogens (tertiary/aromatic N) is 9. The molecule has 6 aromatic rings. The minimum absolute atomic E-state index is 0.0201. The largest absolute Gasteiger partial charge is 0.388 e. The lowest BCUT2D eigenvalue weighted by molar-refractivity contribution is -0.135. The quantitative estimate of drug-likeness (QED) is 0.134. The molecule has 4 fully saturated rings. The molecular formula is C55H63F2N11O5. The van der Waals surface area contributed by atoms with Crippen molar-refractivity contribution in [3.05, 3.63) is 127 Å². The summed E-state index contributed by atoms with van der Waals surface area (Å²) in [6.07, 6.45) is 10.0. The van der Waals surface area contributed by atoms with Crippen LogP contribution >= 0.6 is 0 Å². The van der Waals surface area contributed by atoms with Crippen molar-refractivity contribution in [3.63, 3.8) is 0 Å². The summed E-state index contributed by atoms with van der Waals surface area (Å²) in [7, 11) is 3.78. The third-order valence-electron chi connectivity index (χ3n) is 16.3. The van der Waals surface area contributed by atoms with Crippen LogP contribution < -0.4 is 21.9 Å². The van der Waals surface area contributed by atoms with Crippen molar-refractivity contribution in [3.8, 4) is 5.69 Å². The number of halogens is 2. The topological polar surface area (TPSA) is 155 Å². The average molecular weight is 996 g/mol. The molecule has 382 valence electrons. The van der Waals surface area contributed by atoms with Crippen molar-refractivity contribution in [1.29, 1.82) is 0 Å². The Morgan fingerprint density at radius 1 is 0.849 bits per heavy atom. The highest BCUT2D eigenvalue weighted by atomic mass is 19.1. The normalized spacial score (nSPS) is 20.2. The number of aryl methyl sites for hydroxylation is 2. The Morgan fingerprint density at radius 2 is 1.60 bits per heavy atom. The van der Waals surface area contributed by atoms with E-state index in [2.05, 4.69) is 54.0 Å². The number of carbonyl (C=O) groups excluding carboxylic acids is 3. The number of pyridine rings is 2. The van der Waals surface area contributed by atoms with Gasteiger partial charge in [0.25, 0.3) is 11.5 Å². The van der Waals surface area contributed by atoms with E-state index in [1.165, 1.54) is 16.7 Å². The van der Waals surface area contributed by atoms with E-state index in [1.54, 1.807) is 40.7 Å². The van der Waals surface area contributed by atoms with Gasteiger partial charge in [-0.2, -0.15) is 0 Å². The molecule has 18 heteroatoms. The molecule has 73 heavy (non-hydrogen) atoms. The molecule has 3 saturated heterocycles. The van der Waals surface area contributed by atoms with Crippen LogP contribution in [-0.2, 0) is 23.2 Å². The molecule has 0 bridgehead atoms. The molecule has 0 spiro atoms. The second-order valence-electron chi connectivity index (χ2n) is 20.8. The predicted octanol–water partition coefficient (Wildman–Crippen LogP) is 6.30. The van der Waals surface area contributed by atoms with Gasteiger partial charge in [-0.15, -0.1) is 0 Å². The van der Waals surface area contributed by atoms with Crippen LogP contribution in [0, 0.1) is 24.5 Å². The first kappa shape index (κ1) is 48.5. The number of fused-ring (bicyclic) bond motifs is 2. The summed E-state index contributed by atoms with van der Waals surface area (Å²) in [6.45, 7) is 11.1. The summed E-state index contributed by atoms with van der Waals surface area (Å²) in [6, 6.07) is 13.0. The van der Waals surface area contributed by atoms with Gasteiger partial charge in [0.1, 0.15) is 23.3 Å². The maximum absolute atomic E-state index is 16.1. The summed E-state index contributed by atoms with van der Waals surface area (Å²) in [5.74, 6) is -1.40. The minimum atomic E-state index is -0.858. The van der Waals surface area contributed by atoms with E-state index in [0.29, 0.717) is 66.2 Å². The summed E-state index contributed by atoms with van der Waals surface area (Å²) in [5, 5.41) is 6.24. The number of amides is 3. The number of imidazole rings is 1. The van der Waals surface area contributed by atoms with Gasteiger partial charge < -0.3 is 19.7 Å². The van der Waals surface area contributed by atoms with Gasteiger partial charge >= 0.3 is 5.69 Å². The number of rotatable bonds is 12. The SMILES string of the molecule is CNc1ccn(-c2ccnc3c2cc([C@H](C)N2CC=C(c4c(C)cc(C(=O)N5CCC(CN6CCN(Cc7cc8c(cc7F)n([C@@H]7CCC(=O)NC7=O)c(=O)n8C7CC7)CC6)CC5)cc4F)CC2)n3C)c(=O)c1. The van der Waals surface area contributed by atoms with Crippen LogP contribution in [0.4, 0.5) is 14.5 Å². The number of piperazine rings is 1. The first-order valence-corrected chi connectivity index (χ1v) is 25.9. The fourth-order valence-electron chi connectivity index (χ4n) is 12.0. The van der Waals surface area contributed by atoms with Crippen molar-refractivity contribution >= 4 is 51.0 Å². The Morgan fingerprint density at radius 3 is 2.29 bits per heavy atom. The Balaban J connectivity index is 0.675. The molecule has 2 N–H and O–H groups in total. The number of nitrogens with one attached hydrogen (secondary N) is 2. The van der Waals surface area contributed by atoms with Crippen LogP contribution in [0.2, 0.25) is 0 Å². The Kier molecular flexibility index (Phi) is 13.0. The molecule has 16 nitrogen and oxygen atoms in total. The van der Waals surface area contributed by atoms with E-state index in [4.69, 9.17) is 0 Å². The Labute approximate surface area is 421 Å². The highest BCUT2D eigenvalue weighted by Gasteiger charge is 2.36. The Bertz CT molecular complexity index is 3310. The maximum atomic E-state index is 16.1. The molecule has 11 rings (SSSR count). The van der Waals surface area contributed by atoms with E-state index in [-0.39, 0.29) is 53.8 Å². The predicted molar refractivity (Wildman–Crippen MR) is 276 cm³/mol. The van der Waals surface area contributed by atoms with Gasteiger partial charge in [-0.1, -0.05) is 6.08 Å². The second kappa shape index (κ2) is 19.6. The summed E-state index contributed by atoms with van der Waals surface area (Å²) in [4.78, 5) is 78.8. The number of benzene rings is 2. The number of hydrogen-bond acceptors (Lipinski definition) is 10. The second-order valence-corrected chi connectivity index (χ2v) is 20.8. The molecule has 5 aliphatic rings. The van der Waals surface area contributed by atoms with Crippen molar-refractivity contribution in [2.24, 2.45) is 13.0 Å². The van der Waals surface area contributed by atoms with Gasteiger partial charge in [0.2, 0.25) is 11.8 Å². The number of carbonyl (C=O) groups is 3. The average Bonchev–Trinajstić information content (AvgIpc) is 4.11. The fourth-order valence-corrected chi connectivity index (χ4v) is 12.0. The molecular weight excluding hydrogens is 933 g/mol. The zero-order chi connectivity index (χ0) is 50.8. The number of piperidine rings is 2. The van der Waals surface area contributed by atoms with Crippen molar-refractivity contribution in [2.75, 3.05) is 71.3 Å². The van der Waals surface area contributed by atoms with E-state index < -0.39 is 17.8 Å². The van der Waals surface area contributed by atoms with Crippen LogP contribution in [0.25, 0.3) is 33.3 Å². The number of imide groups is 1. The molecule has 3 amide bonds. The van der Waals surface area contributed by atoms with Crippen molar-refractivity contribution in [2.45, 2.75) is 83.5 Å². The van der Waals surface area contributed by atoms with Crippen LogP contribution in [-0.4, -0.2) is 127 Å². The number of hydrogen-bond donors (Lipinski definition) is 2. The van der Waals surface area contributed by atoms with Gasteiger partial charge in [0, 0.05) is 156 Å². The smallest absolute Gasteiger partial charge is 0.330 e. The van der Waals surface area contributed by atoms with E-state index >= 15 is 8.78 Å². The molecule has 8 heterocycles. The lowest BCUT2D eigenvalue weighted by Crippen LogP contribution is -2.48. The first-order chi connectivity index (χ1) is 35.2. The van der Waals surface area contributed by atoms with E-state index in [0.717, 1.165) is 104 Å². The van der Waals surface area contributed by atoms with Gasteiger partial charge in [-0.3, -0.25) is 48.0 Å². The fraction of sp³-hybridized carbons (Fsp3) is 0.455. The van der Waals surface area contributed by atoms with Crippen molar-refractivity contribution in [1.82, 2.24) is 48.2 Å². The zero-order valence-corrected chi connectivity index (χ0v) is 42.0. The lowest BCUT2D eigenvalue weighted by Gasteiger charge is -2.39. The lowest BCUT2D eigenvalue weighted by atomic mass is 9.92. The Hall–Kier alpha value is -6.76. The van der Waals surface area contributed by atoms with Crippen LogP contribution in [0.1, 0.15) is 103 Å². The molecule has 2 aromatic carbocycles. The molecule has 1 saturated carbocycles. The molecule has 0 unspecified atom stereocenters. The molecule has 2 atom stereocenters. The first-order valence-electron chi connectivity index (χ1n) is 25.9.